The molecule has 146 valence electrons. The predicted octanol–water partition coefficient (Wildman–Crippen LogP) is 2.34. The summed E-state index contributed by atoms with van der Waals surface area (Å²) < 4.78 is 0. The normalized spacial score (nSPS) is 14.6. The van der Waals surface area contributed by atoms with E-state index in [4.69, 9.17) is 11.1 Å². The third-order valence-corrected chi connectivity index (χ3v) is 5.26. The molecule has 1 aromatic carbocycles. The van der Waals surface area contributed by atoms with Crippen molar-refractivity contribution in [1.29, 1.82) is 5.41 Å². The van der Waals surface area contributed by atoms with Gasteiger partial charge in [-0.25, -0.2) is 0 Å². The number of piperidine rings is 1. The van der Waals surface area contributed by atoms with Crippen LogP contribution >= 0.6 is 0 Å². The minimum absolute atomic E-state index is 0.0463. The molecule has 0 saturated carbocycles. The maximum Gasteiger partial charge on any atom is 0.258 e. The number of aromatic nitrogens is 1. The highest BCUT2D eigenvalue weighted by molar-refractivity contribution is 6.05. The van der Waals surface area contributed by atoms with Gasteiger partial charge in [-0.15, -0.1) is 0 Å². The molecule has 28 heavy (non-hydrogen) atoms. The summed E-state index contributed by atoms with van der Waals surface area (Å²) in [5.74, 6) is -0.329. The standard InChI is InChI=1S/C21H25N5O2/c1-13-12-18(19(27)25-21(22)23)14(2)11-17(13)15-5-9-26(10-6-15)20(28)16-3-7-24-8-4-16/h3-4,7-8,11-12,15H,5-6,9-10H2,1-2H3,(H4,22,23,25,27). The molecule has 3 rings (SSSR count). The van der Waals surface area contributed by atoms with Crippen LogP contribution in [0.5, 0.6) is 0 Å². The Morgan fingerprint density at radius 3 is 2.39 bits per heavy atom. The van der Waals surface area contributed by atoms with E-state index < -0.39 is 0 Å². The molecule has 2 heterocycles. The zero-order chi connectivity index (χ0) is 20.3. The van der Waals surface area contributed by atoms with Crippen LogP contribution in [0.4, 0.5) is 0 Å². The first-order chi connectivity index (χ1) is 13.4. The van der Waals surface area contributed by atoms with Crippen molar-refractivity contribution < 1.29 is 9.59 Å². The summed E-state index contributed by atoms with van der Waals surface area (Å²) in [6.07, 6.45) is 5.04. The Balaban J connectivity index is 1.70. The van der Waals surface area contributed by atoms with Crippen molar-refractivity contribution in [2.24, 2.45) is 5.73 Å². The Labute approximate surface area is 164 Å². The Kier molecular flexibility index (Phi) is 5.73. The number of likely N-dealkylation sites (tertiary alicyclic amines) is 1. The van der Waals surface area contributed by atoms with Crippen LogP contribution in [0.2, 0.25) is 0 Å². The fraction of sp³-hybridized carbons (Fsp3) is 0.333. The minimum Gasteiger partial charge on any atom is -0.370 e. The third-order valence-electron chi connectivity index (χ3n) is 5.26. The van der Waals surface area contributed by atoms with E-state index in [9.17, 15) is 9.59 Å². The Morgan fingerprint density at radius 2 is 1.79 bits per heavy atom. The van der Waals surface area contributed by atoms with Crippen LogP contribution in [0.25, 0.3) is 0 Å². The first-order valence-electron chi connectivity index (χ1n) is 9.32. The molecule has 7 heteroatoms. The second-order valence-electron chi connectivity index (χ2n) is 7.19. The fourth-order valence-corrected chi connectivity index (χ4v) is 3.78. The maximum absolute atomic E-state index is 12.6. The molecule has 1 aromatic heterocycles. The van der Waals surface area contributed by atoms with Crippen LogP contribution in [0, 0.1) is 19.3 Å². The smallest absolute Gasteiger partial charge is 0.258 e. The topological polar surface area (TPSA) is 112 Å². The van der Waals surface area contributed by atoms with Crippen molar-refractivity contribution in [2.45, 2.75) is 32.6 Å². The molecule has 1 aliphatic rings. The number of guanidine groups is 1. The van der Waals surface area contributed by atoms with Crippen LogP contribution < -0.4 is 11.1 Å². The zero-order valence-electron chi connectivity index (χ0n) is 16.2. The number of amides is 2. The molecule has 0 unspecified atom stereocenters. The van der Waals surface area contributed by atoms with E-state index in [2.05, 4.69) is 16.4 Å². The summed E-state index contributed by atoms with van der Waals surface area (Å²) >= 11 is 0. The molecule has 0 bridgehead atoms. The van der Waals surface area contributed by atoms with E-state index >= 15 is 0 Å². The first-order valence-corrected chi connectivity index (χ1v) is 9.32. The van der Waals surface area contributed by atoms with Crippen LogP contribution in [-0.2, 0) is 0 Å². The predicted molar refractivity (Wildman–Crippen MR) is 107 cm³/mol. The highest BCUT2D eigenvalue weighted by atomic mass is 16.2. The number of pyridine rings is 1. The highest BCUT2D eigenvalue weighted by Crippen LogP contribution is 2.32. The molecular formula is C21H25N5O2. The third kappa shape index (κ3) is 4.19. The molecule has 7 nitrogen and oxygen atoms in total. The van der Waals surface area contributed by atoms with Crippen LogP contribution in [0.3, 0.4) is 0 Å². The molecule has 1 saturated heterocycles. The van der Waals surface area contributed by atoms with Gasteiger partial charge in [-0.3, -0.25) is 25.3 Å². The summed E-state index contributed by atoms with van der Waals surface area (Å²) in [6.45, 7) is 5.29. The average molecular weight is 379 g/mol. The van der Waals surface area contributed by atoms with Gasteiger partial charge in [-0.1, -0.05) is 6.07 Å². The molecule has 1 aliphatic heterocycles. The fourth-order valence-electron chi connectivity index (χ4n) is 3.78. The molecule has 0 atom stereocenters. The summed E-state index contributed by atoms with van der Waals surface area (Å²) in [4.78, 5) is 30.6. The number of hydrogen-bond acceptors (Lipinski definition) is 4. The molecule has 0 spiro atoms. The van der Waals surface area contributed by atoms with E-state index in [0.29, 0.717) is 30.1 Å². The summed E-state index contributed by atoms with van der Waals surface area (Å²) in [5, 5.41) is 9.56. The Bertz CT molecular complexity index is 903. The number of carbonyl (C=O) groups is 2. The molecular weight excluding hydrogens is 354 g/mol. The van der Waals surface area contributed by atoms with Crippen LogP contribution in [-0.4, -0.2) is 40.7 Å². The average Bonchev–Trinajstić information content (AvgIpc) is 2.69. The van der Waals surface area contributed by atoms with Crippen molar-refractivity contribution in [3.63, 3.8) is 0 Å². The van der Waals surface area contributed by atoms with Crippen molar-refractivity contribution >= 4 is 17.8 Å². The Hall–Kier alpha value is -3.22. The van der Waals surface area contributed by atoms with E-state index in [1.165, 1.54) is 5.56 Å². The molecule has 2 aromatic rings. The number of nitrogens with zero attached hydrogens (tertiary/aromatic N) is 2. The first kappa shape index (κ1) is 19.5. The van der Waals surface area contributed by atoms with Gasteiger partial charge < -0.3 is 10.6 Å². The summed E-state index contributed by atoms with van der Waals surface area (Å²) in [6, 6.07) is 7.40. The lowest BCUT2D eigenvalue weighted by Gasteiger charge is -2.33. The number of hydrogen-bond donors (Lipinski definition) is 3. The Morgan fingerprint density at radius 1 is 1.14 bits per heavy atom. The van der Waals surface area contributed by atoms with E-state index in [0.717, 1.165) is 24.0 Å². The molecule has 1 fully saturated rings. The number of rotatable bonds is 3. The monoisotopic (exact) mass is 379 g/mol. The molecule has 0 aliphatic carbocycles. The number of nitrogens with two attached hydrogens (primary N) is 1. The molecule has 4 N–H and O–H groups in total. The largest absolute Gasteiger partial charge is 0.370 e. The SMILES string of the molecule is Cc1cc(C2CCN(C(=O)c3ccncc3)CC2)c(C)cc1C(=O)NC(=N)N. The number of carbonyl (C=O) groups excluding carboxylic acids is 2. The van der Waals surface area contributed by atoms with E-state index in [-0.39, 0.29) is 17.8 Å². The second kappa shape index (κ2) is 8.21. The lowest BCUT2D eigenvalue weighted by atomic mass is 9.84. The van der Waals surface area contributed by atoms with Gasteiger partial charge >= 0.3 is 0 Å². The highest BCUT2D eigenvalue weighted by Gasteiger charge is 2.26. The number of aryl methyl sites for hydroxylation is 2. The summed E-state index contributed by atoms with van der Waals surface area (Å²) in [5.41, 5.74) is 9.57. The van der Waals surface area contributed by atoms with Crippen LogP contribution in [0.15, 0.2) is 36.7 Å². The van der Waals surface area contributed by atoms with Gasteiger partial charge in [-0.05, 0) is 67.5 Å². The van der Waals surface area contributed by atoms with Gasteiger partial charge in [0, 0.05) is 36.6 Å². The van der Waals surface area contributed by atoms with Gasteiger partial charge in [0.25, 0.3) is 11.8 Å². The van der Waals surface area contributed by atoms with Gasteiger partial charge in [0.05, 0.1) is 0 Å². The molecule has 0 radical (unpaired) electrons. The zero-order valence-corrected chi connectivity index (χ0v) is 16.2. The minimum atomic E-state index is -0.364. The van der Waals surface area contributed by atoms with Crippen LogP contribution in [0.1, 0.15) is 56.2 Å². The second-order valence-corrected chi connectivity index (χ2v) is 7.19. The molecule has 2 amide bonds. The van der Waals surface area contributed by atoms with Gasteiger partial charge in [-0.2, -0.15) is 0 Å². The van der Waals surface area contributed by atoms with Gasteiger partial charge in [0.2, 0.25) is 0 Å². The maximum atomic E-state index is 12.6. The van der Waals surface area contributed by atoms with Gasteiger partial charge in [0.15, 0.2) is 5.96 Å². The van der Waals surface area contributed by atoms with Crippen molar-refractivity contribution in [3.8, 4) is 0 Å². The lowest BCUT2D eigenvalue weighted by molar-refractivity contribution is 0.0712. The van der Waals surface area contributed by atoms with E-state index in [1.807, 2.05) is 24.8 Å². The van der Waals surface area contributed by atoms with Crippen molar-refractivity contribution in [3.05, 3.63) is 64.5 Å². The summed E-state index contributed by atoms with van der Waals surface area (Å²) in [7, 11) is 0. The van der Waals surface area contributed by atoms with Gasteiger partial charge in [0.1, 0.15) is 0 Å². The lowest BCUT2D eigenvalue weighted by Crippen LogP contribution is -2.38. The number of benzene rings is 1. The van der Waals surface area contributed by atoms with Crippen molar-refractivity contribution in [1.82, 2.24) is 15.2 Å². The van der Waals surface area contributed by atoms with Crippen molar-refractivity contribution in [2.75, 3.05) is 13.1 Å². The van der Waals surface area contributed by atoms with E-state index in [1.54, 1.807) is 24.5 Å². The quantitative estimate of drug-likeness (QED) is 0.561. The number of nitrogens with one attached hydrogen (secondary N) is 2.